The molecule has 1 N–H and O–H groups in total. The summed E-state index contributed by atoms with van der Waals surface area (Å²) in [5.41, 5.74) is 1.19. The fourth-order valence-electron chi connectivity index (χ4n) is 3.02. The molecule has 0 atom stereocenters. The predicted octanol–water partition coefficient (Wildman–Crippen LogP) is 2.48. The minimum atomic E-state index is 0.294. The summed E-state index contributed by atoms with van der Waals surface area (Å²) in [5, 5.41) is 3.21. The normalized spacial score (nSPS) is 15.8. The predicted molar refractivity (Wildman–Crippen MR) is 89.2 cm³/mol. The molecule has 0 radical (unpaired) electrons. The van der Waals surface area contributed by atoms with E-state index in [1.165, 1.54) is 12.0 Å². The van der Waals surface area contributed by atoms with Crippen molar-refractivity contribution in [3.8, 4) is 5.75 Å². The number of piperidine rings is 1. The third-order valence-corrected chi connectivity index (χ3v) is 4.56. The van der Waals surface area contributed by atoms with Gasteiger partial charge in [0.05, 0.1) is 7.11 Å². The van der Waals surface area contributed by atoms with Crippen molar-refractivity contribution >= 4 is 5.91 Å². The summed E-state index contributed by atoms with van der Waals surface area (Å²) in [6, 6.07) is 7.98. The van der Waals surface area contributed by atoms with Gasteiger partial charge < -0.3 is 15.0 Å². The zero-order chi connectivity index (χ0) is 15.8. The van der Waals surface area contributed by atoms with Crippen LogP contribution in [-0.4, -0.2) is 44.6 Å². The number of methoxy groups -OCH3 is 1. The van der Waals surface area contributed by atoms with Crippen molar-refractivity contribution in [2.24, 2.45) is 5.92 Å². The number of amides is 1. The molecular weight excluding hydrogens is 276 g/mol. The van der Waals surface area contributed by atoms with E-state index in [1.54, 1.807) is 7.11 Å². The zero-order valence-corrected chi connectivity index (χ0v) is 13.8. The Kier molecular flexibility index (Phi) is 6.72. The van der Waals surface area contributed by atoms with E-state index in [2.05, 4.69) is 5.32 Å². The number of nitrogens with one attached hydrogen (secondary N) is 1. The first-order valence-electron chi connectivity index (χ1n) is 8.28. The van der Waals surface area contributed by atoms with Crippen LogP contribution in [0.2, 0.25) is 0 Å². The molecule has 1 fully saturated rings. The fourth-order valence-corrected chi connectivity index (χ4v) is 3.02. The molecule has 122 valence electrons. The number of carbonyl (C=O) groups excluding carboxylic acids is 1. The Morgan fingerprint density at radius 1 is 1.27 bits per heavy atom. The molecule has 0 saturated carbocycles. The van der Waals surface area contributed by atoms with Gasteiger partial charge in [-0.2, -0.15) is 0 Å². The molecule has 1 heterocycles. The highest BCUT2D eigenvalue weighted by Gasteiger charge is 2.22. The number of carbonyl (C=O) groups is 1. The molecule has 0 spiro atoms. The number of aryl methyl sites for hydroxylation is 1. The highest BCUT2D eigenvalue weighted by atomic mass is 16.5. The smallest absolute Gasteiger partial charge is 0.222 e. The SMILES string of the molecule is CNCCC1CCN(C(=O)CCc2ccc(OC)cc2)CC1. The number of ether oxygens (including phenoxy) is 1. The maximum Gasteiger partial charge on any atom is 0.222 e. The van der Waals surface area contributed by atoms with Gasteiger partial charge in [-0.25, -0.2) is 0 Å². The third-order valence-electron chi connectivity index (χ3n) is 4.56. The van der Waals surface area contributed by atoms with Gasteiger partial charge in [0.2, 0.25) is 5.91 Å². The number of rotatable bonds is 7. The zero-order valence-electron chi connectivity index (χ0n) is 13.8. The second-order valence-corrected chi connectivity index (χ2v) is 6.06. The van der Waals surface area contributed by atoms with Crippen LogP contribution in [0, 0.1) is 5.92 Å². The summed E-state index contributed by atoms with van der Waals surface area (Å²) in [5.74, 6) is 1.93. The average Bonchev–Trinajstić information content (AvgIpc) is 2.58. The number of hydrogen-bond donors (Lipinski definition) is 1. The molecule has 22 heavy (non-hydrogen) atoms. The van der Waals surface area contributed by atoms with Crippen LogP contribution in [0.5, 0.6) is 5.75 Å². The third kappa shape index (κ3) is 5.02. The molecule has 0 aromatic heterocycles. The van der Waals surface area contributed by atoms with Crippen molar-refractivity contribution in [2.45, 2.75) is 32.1 Å². The van der Waals surface area contributed by atoms with Crippen molar-refractivity contribution in [1.82, 2.24) is 10.2 Å². The largest absolute Gasteiger partial charge is 0.497 e. The van der Waals surface area contributed by atoms with Crippen molar-refractivity contribution in [2.75, 3.05) is 33.8 Å². The summed E-state index contributed by atoms with van der Waals surface area (Å²) in [7, 11) is 3.66. The highest BCUT2D eigenvalue weighted by Crippen LogP contribution is 2.21. The van der Waals surface area contributed by atoms with E-state index >= 15 is 0 Å². The maximum atomic E-state index is 12.3. The Hall–Kier alpha value is -1.55. The summed E-state index contributed by atoms with van der Waals surface area (Å²) in [4.78, 5) is 14.3. The topological polar surface area (TPSA) is 41.6 Å². The van der Waals surface area contributed by atoms with Gasteiger partial charge in [-0.05, 0) is 62.9 Å². The summed E-state index contributed by atoms with van der Waals surface area (Å²) in [6.45, 7) is 2.93. The summed E-state index contributed by atoms with van der Waals surface area (Å²) < 4.78 is 5.15. The molecule has 1 aromatic carbocycles. The fraction of sp³-hybridized carbons (Fsp3) is 0.611. The Balaban J connectivity index is 1.71. The van der Waals surface area contributed by atoms with E-state index in [4.69, 9.17) is 4.74 Å². The van der Waals surface area contributed by atoms with E-state index in [0.717, 1.165) is 50.6 Å². The minimum absolute atomic E-state index is 0.294. The van der Waals surface area contributed by atoms with Gasteiger partial charge >= 0.3 is 0 Å². The highest BCUT2D eigenvalue weighted by molar-refractivity contribution is 5.76. The van der Waals surface area contributed by atoms with Gasteiger partial charge in [-0.15, -0.1) is 0 Å². The van der Waals surface area contributed by atoms with Gasteiger partial charge in [0.1, 0.15) is 5.75 Å². The monoisotopic (exact) mass is 304 g/mol. The van der Waals surface area contributed by atoms with Crippen molar-refractivity contribution in [1.29, 1.82) is 0 Å². The number of hydrogen-bond acceptors (Lipinski definition) is 3. The Morgan fingerprint density at radius 3 is 2.55 bits per heavy atom. The Labute approximate surface area is 133 Å². The molecule has 1 saturated heterocycles. The molecule has 0 unspecified atom stereocenters. The van der Waals surface area contributed by atoms with Crippen LogP contribution in [-0.2, 0) is 11.2 Å². The van der Waals surface area contributed by atoms with E-state index < -0.39 is 0 Å². The average molecular weight is 304 g/mol. The molecule has 2 rings (SSSR count). The first kappa shape index (κ1) is 16.8. The first-order valence-corrected chi connectivity index (χ1v) is 8.28. The number of likely N-dealkylation sites (tertiary alicyclic amines) is 1. The van der Waals surface area contributed by atoms with Crippen LogP contribution in [0.4, 0.5) is 0 Å². The Bertz CT molecular complexity index is 451. The molecule has 1 aliphatic heterocycles. The van der Waals surface area contributed by atoms with E-state index in [-0.39, 0.29) is 0 Å². The van der Waals surface area contributed by atoms with Gasteiger partial charge in [0, 0.05) is 19.5 Å². The summed E-state index contributed by atoms with van der Waals surface area (Å²) >= 11 is 0. The van der Waals surface area contributed by atoms with Crippen LogP contribution in [0.15, 0.2) is 24.3 Å². The van der Waals surface area contributed by atoms with Crippen LogP contribution < -0.4 is 10.1 Å². The lowest BCUT2D eigenvalue weighted by atomic mass is 9.93. The quantitative estimate of drug-likeness (QED) is 0.841. The lowest BCUT2D eigenvalue weighted by Crippen LogP contribution is -2.39. The van der Waals surface area contributed by atoms with Crippen LogP contribution in [0.25, 0.3) is 0 Å². The van der Waals surface area contributed by atoms with Gasteiger partial charge in [0.15, 0.2) is 0 Å². The first-order chi connectivity index (χ1) is 10.7. The van der Waals surface area contributed by atoms with Gasteiger partial charge in [-0.3, -0.25) is 4.79 Å². The van der Waals surface area contributed by atoms with E-state index in [0.29, 0.717) is 12.3 Å². The molecule has 1 aliphatic rings. The van der Waals surface area contributed by atoms with E-state index in [1.807, 2.05) is 36.2 Å². The van der Waals surface area contributed by atoms with Gasteiger partial charge in [-0.1, -0.05) is 12.1 Å². The van der Waals surface area contributed by atoms with Crippen LogP contribution >= 0.6 is 0 Å². The molecule has 1 amide bonds. The molecule has 0 aliphatic carbocycles. The second-order valence-electron chi connectivity index (χ2n) is 6.06. The molecule has 4 heteroatoms. The van der Waals surface area contributed by atoms with Crippen molar-refractivity contribution in [3.63, 3.8) is 0 Å². The lowest BCUT2D eigenvalue weighted by Gasteiger charge is -2.32. The minimum Gasteiger partial charge on any atom is -0.497 e. The van der Waals surface area contributed by atoms with E-state index in [9.17, 15) is 4.79 Å². The number of nitrogens with zero attached hydrogens (tertiary/aromatic N) is 1. The van der Waals surface area contributed by atoms with Gasteiger partial charge in [0.25, 0.3) is 0 Å². The second kappa shape index (κ2) is 8.79. The Morgan fingerprint density at radius 2 is 1.95 bits per heavy atom. The molecule has 4 nitrogen and oxygen atoms in total. The maximum absolute atomic E-state index is 12.3. The van der Waals surface area contributed by atoms with Crippen molar-refractivity contribution in [3.05, 3.63) is 29.8 Å². The number of benzene rings is 1. The van der Waals surface area contributed by atoms with Crippen molar-refractivity contribution < 1.29 is 9.53 Å². The summed E-state index contributed by atoms with van der Waals surface area (Å²) in [6.07, 6.45) is 4.94. The standard InChI is InChI=1S/C18H28N2O2/c1-19-12-9-16-10-13-20(14-11-16)18(21)8-5-15-3-6-17(22-2)7-4-15/h3-4,6-7,16,19H,5,8-14H2,1-2H3. The molecule has 0 bridgehead atoms. The molecule has 1 aromatic rings. The molecular formula is C18H28N2O2. The van der Waals surface area contributed by atoms with Crippen LogP contribution in [0.3, 0.4) is 0 Å². The van der Waals surface area contributed by atoms with Crippen LogP contribution in [0.1, 0.15) is 31.2 Å². The lowest BCUT2D eigenvalue weighted by molar-refractivity contribution is -0.132.